The summed E-state index contributed by atoms with van der Waals surface area (Å²) in [5.74, 6) is 1.10. The number of nitrogens with zero attached hydrogens (tertiary/aromatic N) is 1. The molecule has 3 heterocycles. The summed E-state index contributed by atoms with van der Waals surface area (Å²) in [4.78, 5) is 13.0. The molecule has 4 rings (SSSR count). The van der Waals surface area contributed by atoms with Gasteiger partial charge in [-0.05, 0) is 18.6 Å². The summed E-state index contributed by atoms with van der Waals surface area (Å²) in [7, 11) is 0. The van der Waals surface area contributed by atoms with Gasteiger partial charge in [0.05, 0.1) is 6.26 Å². The maximum Gasteiger partial charge on any atom is 0.408 e. The lowest BCUT2D eigenvalue weighted by Gasteiger charge is -2.46. The van der Waals surface area contributed by atoms with Gasteiger partial charge in [-0.1, -0.05) is 18.2 Å². The molecule has 0 aliphatic carbocycles. The average Bonchev–Trinajstić information content (AvgIpc) is 3.05. The highest BCUT2D eigenvalue weighted by molar-refractivity contribution is 5.68. The van der Waals surface area contributed by atoms with E-state index in [0.29, 0.717) is 13.2 Å². The van der Waals surface area contributed by atoms with E-state index in [1.54, 1.807) is 6.26 Å². The predicted molar refractivity (Wildman–Crippen MR) is 70.8 cm³/mol. The Morgan fingerprint density at radius 2 is 2.25 bits per heavy atom. The number of likely N-dealkylation sites (tertiary alicyclic amines) is 1. The topological polar surface area (TPSA) is 59.0 Å². The molecule has 1 amide bonds. The molecular weight excluding hydrogens is 258 g/mol. The van der Waals surface area contributed by atoms with Crippen molar-refractivity contribution in [3.05, 3.63) is 42.2 Å². The van der Waals surface area contributed by atoms with Crippen LogP contribution in [0.1, 0.15) is 17.9 Å². The average molecular weight is 273 g/mol. The monoisotopic (exact) mass is 273 g/mol. The molecule has 3 atom stereocenters. The van der Waals surface area contributed by atoms with Crippen molar-refractivity contribution >= 4 is 6.09 Å². The Morgan fingerprint density at radius 1 is 1.40 bits per heavy atom. The van der Waals surface area contributed by atoms with Gasteiger partial charge >= 0.3 is 6.09 Å². The highest BCUT2D eigenvalue weighted by Gasteiger charge is 2.57. The van der Waals surface area contributed by atoms with Crippen molar-refractivity contribution in [3.63, 3.8) is 0 Å². The van der Waals surface area contributed by atoms with Crippen LogP contribution >= 0.6 is 0 Å². The van der Waals surface area contributed by atoms with E-state index in [2.05, 4.69) is 6.07 Å². The van der Waals surface area contributed by atoms with Crippen LogP contribution in [0.5, 0.6) is 5.75 Å². The second kappa shape index (κ2) is 3.91. The molecule has 1 aromatic carbocycles. The molecule has 3 unspecified atom stereocenters. The number of ether oxygens (including phenoxy) is 2. The molecule has 0 aromatic heterocycles. The number of hydrogen-bond acceptors (Lipinski definition) is 3. The van der Waals surface area contributed by atoms with Crippen molar-refractivity contribution < 1.29 is 19.4 Å². The number of rotatable bonds is 0. The summed E-state index contributed by atoms with van der Waals surface area (Å²) in [5.41, 5.74) is 0.482. The minimum atomic E-state index is -0.918. The molecule has 20 heavy (non-hydrogen) atoms. The second-order valence-electron chi connectivity index (χ2n) is 5.51. The van der Waals surface area contributed by atoms with Crippen molar-refractivity contribution in [1.29, 1.82) is 0 Å². The van der Waals surface area contributed by atoms with Crippen LogP contribution < -0.4 is 4.74 Å². The lowest BCUT2D eigenvalue weighted by atomic mass is 9.76. The van der Waals surface area contributed by atoms with Crippen LogP contribution in [-0.2, 0) is 4.74 Å². The summed E-state index contributed by atoms with van der Waals surface area (Å²) in [5, 5.41) is 9.48. The zero-order chi connectivity index (χ0) is 13.7. The van der Waals surface area contributed by atoms with Gasteiger partial charge in [-0.2, -0.15) is 0 Å². The zero-order valence-corrected chi connectivity index (χ0v) is 10.9. The summed E-state index contributed by atoms with van der Waals surface area (Å²) in [6.45, 7) is 0.830. The maximum absolute atomic E-state index is 11.6. The third kappa shape index (κ3) is 1.35. The summed E-state index contributed by atoms with van der Waals surface area (Å²) < 4.78 is 11.5. The predicted octanol–water partition coefficient (Wildman–Crippen LogP) is 2.20. The SMILES string of the molecule is O=C(O)N1CCC2c3ccccc3OC2C12C=COC2. The van der Waals surface area contributed by atoms with E-state index in [4.69, 9.17) is 9.47 Å². The number of benzene rings is 1. The van der Waals surface area contributed by atoms with Crippen LogP contribution in [-0.4, -0.2) is 40.9 Å². The van der Waals surface area contributed by atoms with Gasteiger partial charge in [0.2, 0.25) is 0 Å². The van der Waals surface area contributed by atoms with Crippen LogP contribution in [0.3, 0.4) is 0 Å². The molecule has 3 aliphatic heterocycles. The van der Waals surface area contributed by atoms with Crippen LogP contribution in [0.4, 0.5) is 4.79 Å². The van der Waals surface area contributed by atoms with E-state index in [1.807, 2.05) is 24.3 Å². The van der Waals surface area contributed by atoms with Crippen LogP contribution in [0.15, 0.2) is 36.6 Å². The van der Waals surface area contributed by atoms with E-state index >= 15 is 0 Å². The molecule has 1 aromatic rings. The maximum atomic E-state index is 11.6. The number of hydrogen-bond donors (Lipinski definition) is 1. The van der Waals surface area contributed by atoms with Crippen molar-refractivity contribution in [2.45, 2.75) is 24.0 Å². The van der Waals surface area contributed by atoms with E-state index in [9.17, 15) is 9.90 Å². The normalized spacial score (nSPS) is 33.5. The van der Waals surface area contributed by atoms with Crippen LogP contribution in [0.2, 0.25) is 0 Å². The Morgan fingerprint density at radius 3 is 3.00 bits per heavy atom. The van der Waals surface area contributed by atoms with Crippen molar-refractivity contribution in [1.82, 2.24) is 4.90 Å². The molecule has 1 N–H and O–H groups in total. The van der Waals surface area contributed by atoms with Crippen molar-refractivity contribution in [2.75, 3.05) is 13.2 Å². The van der Waals surface area contributed by atoms with Gasteiger partial charge in [0.25, 0.3) is 0 Å². The number of amides is 1. The zero-order valence-electron chi connectivity index (χ0n) is 10.9. The Bertz CT molecular complexity index is 599. The molecule has 1 fully saturated rings. The van der Waals surface area contributed by atoms with Gasteiger partial charge in [0.1, 0.15) is 24.0 Å². The summed E-state index contributed by atoms with van der Waals surface area (Å²) in [6.07, 6.45) is 3.08. The highest BCUT2D eigenvalue weighted by atomic mass is 16.5. The molecule has 3 aliphatic rings. The fraction of sp³-hybridized carbons (Fsp3) is 0.400. The molecular formula is C15H15NO4. The molecule has 1 spiro atoms. The van der Waals surface area contributed by atoms with Gasteiger partial charge in [-0.25, -0.2) is 4.79 Å². The fourth-order valence-electron chi connectivity index (χ4n) is 3.68. The summed E-state index contributed by atoms with van der Waals surface area (Å²) >= 11 is 0. The molecule has 0 radical (unpaired) electrons. The van der Waals surface area contributed by atoms with Crippen molar-refractivity contribution in [3.8, 4) is 5.75 Å². The standard InChI is InChI=1S/C15H15NO4/c17-14(18)16-7-5-11-10-3-1-2-4-12(10)20-13(11)15(16)6-8-19-9-15/h1-4,6,8,11,13H,5,7,9H2,(H,17,18). The summed E-state index contributed by atoms with van der Waals surface area (Å²) in [6, 6.07) is 7.97. The van der Waals surface area contributed by atoms with E-state index < -0.39 is 11.6 Å². The number of fused-ring (bicyclic) bond motifs is 4. The third-order valence-electron chi connectivity index (χ3n) is 4.60. The highest BCUT2D eigenvalue weighted by Crippen LogP contribution is 2.49. The first-order valence-corrected chi connectivity index (χ1v) is 6.78. The first-order valence-electron chi connectivity index (χ1n) is 6.78. The molecule has 5 heteroatoms. The fourth-order valence-corrected chi connectivity index (χ4v) is 3.68. The second-order valence-corrected chi connectivity index (χ2v) is 5.51. The third-order valence-corrected chi connectivity index (χ3v) is 4.60. The quantitative estimate of drug-likeness (QED) is 0.787. The minimum Gasteiger partial charge on any atom is -0.498 e. The van der Waals surface area contributed by atoms with Gasteiger partial charge in [-0.15, -0.1) is 0 Å². The first kappa shape index (κ1) is 11.6. The molecule has 0 bridgehead atoms. The number of carbonyl (C=O) groups is 1. The van der Waals surface area contributed by atoms with Crippen molar-refractivity contribution in [2.24, 2.45) is 0 Å². The molecule has 104 valence electrons. The largest absolute Gasteiger partial charge is 0.498 e. The van der Waals surface area contributed by atoms with Gasteiger partial charge < -0.3 is 14.6 Å². The number of para-hydroxylation sites is 1. The van der Waals surface area contributed by atoms with E-state index in [1.165, 1.54) is 10.5 Å². The Kier molecular flexibility index (Phi) is 2.28. The van der Waals surface area contributed by atoms with Gasteiger partial charge in [0.15, 0.2) is 0 Å². The molecule has 5 nitrogen and oxygen atoms in total. The Balaban J connectivity index is 1.79. The Labute approximate surface area is 116 Å². The van der Waals surface area contributed by atoms with Crippen LogP contribution in [0, 0.1) is 0 Å². The lowest BCUT2D eigenvalue weighted by Crippen LogP contribution is -2.64. The number of carboxylic acid groups (broad SMARTS) is 1. The smallest absolute Gasteiger partial charge is 0.408 e. The first-order chi connectivity index (χ1) is 9.72. The van der Waals surface area contributed by atoms with Gasteiger partial charge in [0, 0.05) is 18.0 Å². The van der Waals surface area contributed by atoms with E-state index in [0.717, 1.165) is 12.2 Å². The lowest BCUT2D eigenvalue weighted by molar-refractivity contribution is -0.0280. The molecule has 1 saturated heterocycles. The Hall–Kier alpha value is -2.17. The van der Waals surface area contributed by atoms with Gasteiger partial charge in [-0.3, -0.25) is 4.90 Å². The minimum absolute atomic E-state index is 0.205. The number of piperidine rings is 1. The van der Waals surface area contributed by atoms with Crippen LogP contribution in [0.25, 0.3) is 0 Å². The molecule has 0 saturated carbocycles. The van der Waals surface area contributed by atoms with E-state index in [-0.39, 0.29) is 12.0 Å².